The second-order valence-corrected chi connectivity index (χ2v) is 7.28. The predicted octanol–water partition coefficient (Wildman–Crippen LogP) is 2.07. The van der Waals surface area contributed by atoms with Gasteiger partial charge >= 0.3 is 0 Å². The van der Waals surface area contributed by atoms with Crippen LogP contribution in [-0.2, 0) is 10.0 Å². The van der Waals surface area contributed by atoms with Crippen LogP contribution in [0.15, 0.2) is 0 Å². The molecule has 0 spiro atoms. The monoisotopic (exact) mass is 253 g/mol. The SMILES string of the molecule is CC(C)CCS(=O)(=O)N1CCC(Cl)CC1. The first-order chi connectivity index (χ1) is 6.92. The summed E-state index contributed by atoms with van der Waals surface area (Å²) in [4.78, 5) is 0. The van der Waals surface area contributed by atoms with Crippen molar-refractivity contribution in [2.45, 2.75) is 38.5 Å². The third-order valence-corrected chi connectivity index (χ3v) is 5.07. The standard InChI is InChI=1S/C10H20ClNO2S/c1-9(2)5-8-15(13,14)12-6-3-10(11)4-7-12/h9-10H,3-8H2,1-2H3. The highest BCUT2D eigenvalue weighted by Gasteiger charge is 2.26. The van der Waals surface area contributed by atoms with E-state index in [9.17, 15) is 8.42 Å². The van der Waals surface area contributed by atoms with Gasteiger partial charge in [-0.3, -0.25) is 0 Å². The molecular formula is C10H20ClNO2S. The van der Waals surface area contributed by atoms with Crippen LogP contribution in [0.1, 0.15) is 33.1 Å². The average Bonchev–Trinajstić information content (AvgIpc) is 2.16. The second-order valence-electron chi connectivity index (χ2n) is 4.57. The third kappa shape index (κ3) is 4.29. The molecule has 0 aromatic rings. The van der Waals surface area contributed by atoms with E-state index in [1.807, 2.05) is 13.8 Å². The Hall–Kier alpha value is 0.200. The molecular weight excluding hydrogens is 234 g/mol. The van der Waals surface area contributed by atoms with E-state index in [1.165, 1.54) is 0 Å². The zero-order valence-corrected chi connectivity index (χ0v) is 11.0. The molecule has 0 radical (unpaired) electrons. The van der Waals surface area contributed by atoms with Crippen molar-refractivity contribution < 1.29 is 8.42 Å². The number of rotatable bonds is 4. The number of hydrogen-bond donors (Lipinski definition) is 0. The van der Waals surface area contributed by atoms with E-state index in [0.717, 1.165) is 19.3 Å². The summed E-state index contributed by atoms with van der Waals surface area (Å²) in [7, 11) is -3.03. The molecule has 3 nitrogen and oxygen atoms in total. The fraction of sp³-hybridized carbons (Fsp3) is 1.00. The van der Waals surface area contributed by atoms with E-state index in [4.69, 9.17) is 11.6 Å². The van der Waals surface area contributed by atoms with E-state index in [1.54, 1.807) is 4.31 Å². The lowest BCUT2D eigenvalue weighted by molar-refractivity contribution is 0.349. The van der Waals surface area contributed by atoms with Crippen molar-refractivity contribution in [3.8, 4) is 0 Å². The normalized spacial score (nSPS) is 21.1. The zero-order chi connectivity index (χ0) is 11.5. The molecule has 1 heterocycles. The molecule has 0 aromatic carbocycles. The summed E-state index contributed by atoms with van der Waals surface area (Å²) >= 11 is 5.94. The number of halogens is 1. The summed E-state index contributed by atoms with van der Waals surface area (Å²) in [6.45, 7) is 5.27. The van der Waals surface area contributed by atoms with Crippen molar-refractivity contribution in [2.75, 3.05) is 18.8 Å². The summed E-state index contributed by atoms with van der Waals surface area (Å²) in [6.07, 6.45) is 2.30. The number of piperidine rings is 1. The molecule has 15 heavy (non-hydrogen) atoms. The maximum atomic E-state index is 11.9. The molecule has 5 heteroatoms. The smallest absolute Gasteiger partial charge is 0.212 e. The van der Waals surface area contributed by atoms with Crippen LogP contribution in [0.3, 0.4) is 0 Å². The van der Waals surface area contributed by atoms with Crippen LogP contribution in [-0.4, -0.2) is 36.9 Å². The van der Waals surface area contributed by atoms with Crippen molar-refractivity contribution in [2.24, 2.45) is 5.92 Å². The highest BCUT2D eigenvalue weighted by Crippen LogP contribution is 2.19. The zero-order valence-electron chi connectivity index (χ0n) is 9.45. The molecule has 0 aliphatic carbocycles. The average molecular weight is 254 g/mol. The van der Waals surface area contributed by atoms with Crippen LogP contribution in [0.2, 0.25) is 0 Å². The Morgan fingerprint density at radius 1 is 1.33 bits per heavy atom. The molecule has 0 atom stereocenters. The fourth-order valence-electron chi connectivity index (χ4n) is 1.62. The van der Waals surface area contributed by atoms with Gasteiger partial charge in [0, 0.05) is 18.5 Å². The summed E-state index contributed by atoms with van der Waals surface area (Å²) in [6, 6.07) is 0. The summed E-state index contributed by atoms with van der Waals surface area (Å²) in [5.74, 6) is 0.711. The van der Waals surface area contributed by atoms with E-state index < -0.39 is 10.0 Å². The molecule has 0 saturated carbocycles. The van der Waals surface area contributed by atoms with Gasteiger partial charge in [0.1, 0.15) is 0 Å². The number of alkyl halides is 1. The lowest BCUT2D eigenvalue weighted by atomic mass is 10.2. The van der Waals surface area contributed by atoms with Crippen LogP contribution < -0.4 is 0 Å². The lowest BCUT2D eigenvalue weighted by Crippen LogP contribution is -2.40. The molecule has 1 aliphatic heterocycles. The van der Waals surface area contributed by atoms with E-state index in [2.05, 4.69) is 0 Å². The first-order valence-corrected chi connectivity index (χ1v) is 7.58. The first-order valence-electron chi connectivity index (χ1n) is 5.53. The highest BCUT2D eigenvalue weighted by atomic mass is 35.5. The van der Waals surface area contributed by atoms with Crippen LogP contribution in [0.4, 0.5) is 0 Å². The topological polar surface area (TPSA) is 37.4 Å². The Morgan fingerprint density at radius 2 is 1.87 bits per heavy atom. The Kier molecular flexibility index (Phi) is 4.87. The van der Waals surface area contributed by atoms with Gasteiger partial charge in [-0.2, -0.15) is 0 Å². The van der Waals surface area contributed by atoms with Crippen molar-refractivity contribution in [3.05, 3.63) is 0 Å². The molecule has 1 rings (SSSR count). The van der Waals surface area contributed by atoms with Crippen molar-refractivity contribution >= 4 is 21.6 Å². The van der Waals surface area contributed by atoms with Gasteiger partial charge in [0.25, 0.3) is 0 Å². The first kappa shape index (κ1) is 13.3. The van der Waals surface area contributed by atoms with Gasteiger partial charge in [-0.15, -0.1) is 11.6 Å². The molecule has 0 aromatic heterocycles. The maximum absolute atomic E-state index is 11.9. The number of nitrogens with zero attached hydrogens (tertiary/aromatic N) is 1. The minimum Gasteiger partial charge on any atom is -0.212 e. The Morgan fingerprint density at radius 3 is 2.33 bits per heavy atom. The molecule has 0 unspecified atom stereocenters. The van der Waals surface area contributed by atoms with Gasteiger partial charge in [-0.1, -0.05) is 13.8 Å². The minimum absolute atomic E-state index is 0.154. The predicted molar refractivity (Wildman–Crippen MR) is 63.7 cm³/mol. The molecule has 1 fully saturated rings. The molecule has 1 saturated heterocycles. The van der Waals surface area contributed by atoms with Gasteiger partial charge in [0.2, 0.25) is 10.0 Å². The van der Waals surface area contributed by atoms with Gasteiger partial charge in [0.05, 0.1) is 5.75 Å². The number of hydrogen-bond acceptors (Lipinski definition) is 2. The van der Waals surface area contributed by atoms with Gasteiger partial charge in [-0.05, 0) is 25.2 Å². The van der Waals surface area contributed by atoms with E-state index in [0.29, 0.717) is 19.0 Å². The van der Waals surface area contributed by atoms with Gasteiger partial charge in [0.15, 0.2) is 0 Å². The van der Waals surface area contributed by atoms with E-state index >= 15 is 0 Å². The van der Waals surface area contributed by atoms with Crippen LogP contribution >= 0.6 is 11.6 Å². The quantitative estimate of drug-likeness (QED) is 0.720. The Balaban J connectivity index is 2.47. The summed E-state index contributed by atoms with van der Waals surface area (Å²) < 4.78 is 25.4. The highest BCUT2D eigenvalue weighted by molar-refractivity contribution is 7.89. The van der Waals surface area contributed by atoms with Crippen molar-refractivity contribution in [1.82, 2.24) is 4.31 Å². The minimum atomic E-state index is -3.03. The molecule has 1 aliphatic rings. The summed E-state index contributed by atoms with van der Waals surface area (Å²) in [5.41, 5.74) is 0. The van der Waals surface area contributed by atoms with E-state index in [-0.39, 0.29) is 11.1 Å². The van der Waals surface area contributed by atoms with Crippen LogP contribution in [0, 0.1) is 5.92 Å². The molecule has 0 bridgehead atoms. The van der Waals surface area contributed by atoms with Crippen LogP contribution in [0.5, 0.6) is 0 Å². The molecule has 0 N–H and O–H groups in total. The lowest BCUT2D eigenvalue weighted by Gasteiger charge is -2.28. The largest absolute Gasteiger partial charge is 0.214 e. The maximum Gasteiger partial charge on any atom is 0.214 e. The van der Waals surface area contributed by atoms with Crippen LogP contribution in [0.25, 0.3) is 0 Å². The second kappa shape index (κ2) is 5.51. The van der Waals surface area contributed by atoms with Crippen molar-refractivity contribution in [3.63, 3.8) is 0 Å². The summed E-state index contributed by atoms with van der Waals surface area (Å²) in [5, 5.41) is 0.154. The fourth-order valence-corrected chi connectivity index (χ4v) is 3.61. The number of sulfonamides is 1. The van der Waals surface area contributed by atoms with Gasteiger partial charge < -0.3 is 0 Å². The Labute approximate surface area is 97.8 Å². The Bertz CT molecular complexity index is 282. The molecule has 90 valence electrons. The van der Waals surface area contributed by atoms with Crippen molar-refractivity contribution in [1.29, 1.82) is 0 Å². The third-order valence-electron chi connectivity index (χ3n) is 2.73. The molecule has 0 amide bonds. The van der Waals surface area contributed by atoms with Gasteiger partial charge in [-0.25, -0.2) is 12.7 Å².